The van der Waals surface area contributed by atoms with E-state index in [1.807, 2.05) is 30.3 Å². The number of esters is 1. The molecule has 0 aliphatic heterocycles. The van der Waals surface area contributed by atoms with Crippen LogP contribution in [0.1, 0.15) is 5.56 Å². The molecule has 1 atom stereocenters. The average Bonchev–Trinajstić information content (AvgIpc) is 2.33. The van der Waals surface area contributed by atoms with Gasteiger partial charge in [0.1, 0.15) is 22.5 Å². The third kappa shape index (κ3) is 5.29. The minimum Gasteiger partial charge on any atom is -0.460 e. The summed E-state index contributed by atoms with van der Waals surface area (Å²) in [5.41, 5.74) is 0.861. The third-order valence-corrected chi connectivity index (χ3v) is 3.27. The predicted octanol–water partition coefficient (Wildman–Crippen LogP) is 0.362. The number of nitrogens with one attached hydrogen (secondary N) is 1. The van der Waals surface area contributed by atoms with E-state index >= 15 is 0 Å². The largest absolute Gasteiger partial charge is 0.460 e. The fourth-order valence-electron chi connectivity index (χ4n) is 1.40. The summed E-state index contributed by atoms with van der Waals surface area (Å²) in [5.74, 6) is -0.830. The molecular formula is C12H17NO4S. The molecule has 0 bridgehead atoms. The predicted molar refractivity (Wildman–Crippen MR) is 68.8 cm³/mol. The fourth-order valence-corrected chi connectivity index (χ4v) is 2.31. The molecule has 0 heterocycles. The molecule has 0 aliphatic carbocycles. The fraction of sp³-hybridized carbons (Fsp3) is 0.417. The lowest BCUT2D eigenvalue weighted by Crippen LogP contribution is -2.41. The molecule has 1 N–H and O–H groups in total. The monoisotopic (exact) mass is 271 g/mol. The minimum atomic E-state index is -3.23. The molecule has 1 rings (SSSR count). The Labute approximate surface area is 107 Å². The van der Waals surface area contributed by atoms with Gasteiger partial charge in [-0.05, 0) is 12.6 Å². The first-order chi connectivity index (χ1) is 8.42. The van der Waals surface area contributed by atoms with E-state index in [9.17, 15) is 13.2 Å². The highest BCUT2D eigenvalue weighted by Crippen LogP contribution is 2.02. The first kappa shape index (κ1) is 14.7. The van der Waals surface area contributed by atoms with E-state index in [4.69, 9.17) is 4.74 Å². The van der Waals surface area contributed by atoms with Gasteiger partial charge < -0.3 is 10.1 Å². The Hall–Kier alpha value is -1.40. The minimum absolute atomic E-state index is 0.140. The lowest BCUT2D eigenvalue weighted by molar-refractivity contribution is -0.146. The Morgan fingerprint density at radius 1 is 1.33 bits per heavy atom. The van der Waals surface area contributed by atoms with Gasteiger partial charge in [0.05, 0.1) is 5.75 Å². The maximum absolute atomic E-state index is 11.7. The average molecular weight is 271 g/mol. The second-order valence-corrected chi connectivity index (χ2v) is 6.21. The number of benzene rings is 1. The van der Waals surface area contributed by atoms with Crippen LogP contribution >= 0.6 is 0 Å². The van der Waals surface area contributed by atoms with Gasteiger partial charge in [-0.3, -0.25) is 4.79 Å². The Morgan fingerprint density at radius 3 is 2.44 bits per heavy atom. The van der Waals surface area contributed by atoms with Crippen LogP contribution in [-0.4, -0.2) is 39.5 Å². The molecule has 0 aromatic heterocycles. The Balaban J connectivity index is 2.53. The lowest BCUT2D eigenvalue weighted by atomic mass is 10.2. The van der Waals surface area contributed by atoms with Gasteiger partial charge >= 0.3 is 5.97 Å². The number of sulfone groups is 1. The van der Waals surface area contributed by atoms with Crippen molar-refractivity contribution in [1.29, 1.82) is 0 Å². The van der Waals surface area contributed by atoms with E-state index in [-0.39, 0.29) is 12.4 Å². The summed E-state index contributed by atoms with van der Waals surface area (Å²) in [6.07, 6.45) is 1.09. The molecule has 1 aromatic carbocycles. The molecule has 0 spiro atoms. The van der Waals surface area contributed by atoms with Gasteiger partial charge in [0, 0.05) is 6.26 Å². The molecular weight excluding hydrogens is 254 g/mol. The molecule has 0 aliphatic rings. The number of ether oxygens (including phenoxy) is 1. The van der Waals surface area contributed by atoms with E-state index in [0.29, 0.717) is 0 Å². The zero-order chi connectivity index (χ0) is 13.6. The van der Waals surface area contributed by atoms with Crippen LogP contribution < -0.4 is 5.32 Å². The van der Waals surface area contributed by atoms with Crippen molar-refractivity contribution in [3.05, 3.63) is 35.9 Å². The van der Waals surface area contributed by atoms with Crippen LogP contribution in [0.25, 0.3) is 0 Å². The highest BCUT2D eigenvalue weighted by Gasteiger charge is 2.22. The molecule has 0 saturated heterocycles. The number of carbonyl (C=O) groups excluding carboxylic acids is 1. The molecule has 1 unspecified atom stereocenters. The molecule has 100 valence electrons. The molecule has 0 radical (unpaired) electrons. The van der Waals surface area contributed by atoms with Gasteiger partial charge in [-0.1, -0.05) is 30.3 Å². The SMILES string of the molecule is CNC(CS(C)(=O)=O)C(=O)OCc1ccccc1. The van der Waals surface area contributed by atoms with Gasteiger partial charge in [0.2, 0.25) is 0 Å². The maximum Gasteiger partial charge on any atom is 0.324 e. The Morgan fingerprint density at radius 2 is 1.94 bits per heavy atom. The third-order valence-electron chi connectivity index (χ3n) is 2.33. The van der Waals surface area contributed by atoms with Gasteiger partial charge in [-0.2, -0.15) is 0 Å². The molecule has 0 saturated carbocycles. The van der Waals surface area contributed by atoms with Crippen LogP contribution in [0.3, 0.4) is 0 Å². The van der Waals surface area contributed by atoms with Crippen molar-refractivity contribution in [2.45, 2.75) is 12.6 Å². The standard InChI is InChI=1S/C12H17NO4S/c1-13-11(9-18(2,15)16)12(14)17-8-10-6-4-3-5-7-10/h3-7,11,13H,8-9H2,1-2H3. The molecule has 0 amide bonds. The smallest absolute Gasteiger partial charge is 0.324 e. The molecule has 6 heteroatoms. The summed E-state index contributed by atoms with van der Waals surface area (Å²) < 4.78 is 27.3. The van der Waals surface area contributed by atoms with Crippen LogP contribution in [-0.2, 0) is 26.0 Å². The van der Waals surface area contributed by atoms with E-state index in [1.165, 1.54) is 7.05 Å². The zero-order valence-corrected chi connectivity index (χ0v) is 11.2. The van der Waals surface area contributed by atoms with Gasteiger partial charge in [-0.15, -0.1) is 0 Å². The first-order valence-electron chi connectivity index (χ1n) is 5.48. The summed E-state index contributed by atoms with van der Waals surface area (Å²) in [6, 6.07) is 8.38. The van der Waals surface area contributed by atoms with Crippen molar-refractivity contribution >= 4 is 15.8 Å². The van der Waals surface area contributed by atoms with E-state index < -0.39 is 21.8 Å². The van der Waals surface area contributed by atoms with Gasteiger partial charge in [0.15, 0.2) is 0 Å². The highest BCUT2D eigenvalue weighted by atomic mass is 32.2. The van der Waals surface area contributed by atoms with Crippen molar-refractivity contribution < 1.29 is 17.9 Å². The molecule has 1 aromatic rings. The number of carbonyl (C=O) groups is 1. The van der Waals surface area contributed by atoms with E-state index in [2.05, 4.69) is 5.32 Å². The molecule has 18 heavy (non-hydrogen) atoms. The highest BCUT2D eigenvalue weighted by molar-refractivity contribution is 7.90. The van der Waals surface area contributed by atoms with E-state index in [1.54, 1.807) is 0 Å². The van der Waals surface area contributed by atoms with Crippen LogP contribution in [0.4, 0.5) is 0 Å². The second kappa shape index (κ2) is 6.51. The van der Waals surface area contributed by atoms with Crippen molar-refractivity contribution in [2.75, 3.05) is 19.1 Å². The normalized spacial score (nSPS) is 13.0. The lowest BCUT2D eigenvalue weighted by Gasteiger charge is -2.14. The van der Waals surface area contributed by atoms with Crippen molar-refractivity contribution in [1.82, 2.24) is 5.32 Å². The maximum atomic E-state index is 11.7. The van der Waals surface area contributed by atoms with Gasteiger partial charge in [0.25, 0.3) is 0 Å². The second-order valence-electron chi connectivity index (χ2n) is 4.03. The van der Waals surface area contributed by atoms with Crippen molar-refractivity contribution in [3.63, 3.8) is 0 Å². The summed E-state index contributed by atoms with van der Waals surface area (Å²) >= 11 is 0. The van der Waals surface area contributed by atoms with Gasteiger partial charge in [-0.25, -0.2) is 8.42 Å². The number of likely N-dealkylation sites (N-methyl/N-ethyl adjacent to an activating group) is 1. The summed E-state index contributed by atoms with van der Waals surface area (Å²) in [5, 5.41) is 2.64. The van der Waals surface area contributed by atoms with Crippen molar-refractivity contribution in [3.8, 4) is 0 Å². The van der Waals surface area contributed by atoms with Crippen LogP contribution in [0.15, 0.2) is 30.3 Å². The number of hydrogen-bond donors (Lipinski definition) is 1. The van der Waals surface area contributed by atoms with Crippen LogP contribution in [0.2, 0.25) is 0 Å². The Kier molecular flexibility index (Phi) is 5.30. The molecule has 5 nitrogen and oxygen atoms in total. The topological polar surface area (TPSA) is 72.5 Å². The zero-order valence-electron chi connectivity index (χ0n) is 10.4. The van der Waals surface area contributed by atoms with Crippen LogP contribution in [0, 0.1) is 0 Å². The Bertz CT molecular complexity index is 484. The van der Waals surface area contributed by atoms with E-state index in [0.717, 1.165) is 11.8 Å². The summed E-state index contributed by atoms with van der Waals surface area (Å²) in [6.45, 7) is 0.140. The number of hydrogen-bond acceptors (Lipinski definition) is 5. The quantitative estimate of drug-likeness (QED) is 0.756. The van der Waals surface area contributed by atoms with Crippen molar-refractivity contribution in [2.24, 2.45) is 0 Å². The first-order valence-corrected chi connectivity index (χ1v) is 7.54. The molecule has 0 fully saturated rings. The van der Waals surface area contributed by atoms with Crippen LogP contribution in [0.5, 0.6) is 0 Å². The number of rotatable bonds is 6. The summed E-state index contributed by atoms with van der Waals surface area (Å²) in [7, 11) is -1.70. The summed E-state index contributed by atoms with van der Waals surface area (Å²) in [4.78, 5) is 11.7.